The lowest BCUT2D eigenvalue weighted by molar-refractivity contribution is -0.126. The van der Waals surface area contributed by atoms with Gasteiger partial charge in [0.15, 0.2) is 0 Å². The van der Waals surface area contributed by atoms with Crippen molar-refractivity contribution in [1.29, 1.82) is 0 Å². The van der Waals surface area contributed by atoms with Gasteiger partial charge in [-0.1, -0.05) is 58.4 Å². The summed E-state index contributed by atoms with van der Waals surface area (Å²) in [6, 6.07) is 18.4. The first-order valence-electron chi connectivity index (χ1n) is 7.53. The molecule has 112 valence electrons. The van der Waals surface area contributed by atoms with Crippen LogP contribution in [0.5, 0.6) is 0 Å². The number of hydrogen-bond acceptors (Lipinski definition) is 1. The van der Waals surface area contributed by atoms with Gasteiger partial charge in [-0.05, 0) is 42.2 Å². The van der Waals surface area contributed by atoms with E-state index >= 15 is 0 Å². The Morgan fingerprint density at radius 1 is 1.09 bits per heavy atom. The van der Waals surface area contributed by atoms with Gasteiger partial charge in [-0.25, -0.2) is 0 Å². The van der Waals surface area contributed by atoms with E-state index in [1.807, 2.05) is 53.4 Å². The molecule has 3 heteroatoms. The van der Waals surface area contributed by atoms with Gasteiger partial charge in [0.1, 0.15) is 0 Å². The van der Waals surface area contributed by atoms with Gasteiger partial charge in [0, 0.05) is 17.1 Å². The highest BCUT2D eigenvalue weighted by atomic mass is 79.9. The summed E-state index contributed by atoms with van der Waals surface area (Å²) in [5.74, 6) is 0.0919. The zero-order chi connectivity index (χ0) is 15.4. The quantitative estimate of drug-likeness (QED) is 0.722. The Hall–Kier alpha value is -1.87. The molecule has 0 aliphatic carbocycles. The van der Waals surface area contributed by atoms with Gasteiger partial charge in [0.25, 0.3) is 0 Å². The molecule has 2 aromatic carbocycles. The molecule has 3 rings (SSSR count). The maximum atomic E-state index is 12.5. The van der Waals surface area contributed by atoms with E-state index in [1.54, 1.807) is 6.08 Å². The van der Waals surface area contributed by atoms with E-state index in [9.17, 15) is 4.79 Å². The number of likely N-dealkylation sites (tertiary alicyclic amines) is 1. The average Bonchev–Trinajstić information content (AvgIpc) is 3.04. The lowest BCUT2D eigenvalue weighted by Crippen LogP contribution is -2.28. The van der Waals surface area contributed by atoms with Crippen molar-refractivity contribution in [3.8, 4) is 0 Å². The Kier molecular flexibility index (Phi) is 4.74. The second-order valence-corrected chi connectivity index (χ2v) is 6.40. The zero-order valence-corrected chi connectivity index (χ0v) is 13.9. The molecule has 2 nitrogen and oxygen atoms in total. The number of hydrogen-bond donors (Lipinski definition) is 0. The highest BCUT2D eigenvalue weighted by Gasteiger charge is 2.28. The highest BCUT2D eigenvalue weighted by molar-refractivity contribution is 9.10. The number of benzene rings is 2. The topological polar surface area (TPSA) is 20.3 Å². The van der Waals surface area contributed by atoms with Crippen LogP contribution in [0.15, 0.2) is 65.1 Å². The van der Waals surface area contributed by atoms with Crippen LogP contribution in [0.2, 0.25) is 0 Å². The molecule has 1 amide bonds. The molecule has 0 N–H and O–H groups in total. The van der Waals surface area contributed by atoms with Gasteiger partial charge in [-0.3, -0.25) is 4.79 Å². The van der Waals surface area contributed by atoms with Crippen molar-refractivity contribution in [1.82, 2.24) is 4.90 Å². The third-order valence-corrected chi connectivity index (χ3v) is 4.54. The van der Waals surface area contributed by atoms with Crippen LogP contribution in [0.1, 0.15) is 30.0 Å². The van der Waals surface area contributed by atoms with Crippen molar-refractivity contribution in [2.45, 2.75) is 18.9 Å². The minimum Gasteiger partial charge on any atom is -0.332 e. The molecule has 1 saturated heterocycles. The predicted molar refractivity (Wildman–Crippen MR) is 93.3 cm³/mol. The van der Waals surface area contributed by atoms with Crippen molar-refractivity contribution >= 4 is 27.9 Å². The first kappa shape index (κ1) is 15.0. The van der Waals surface area contributed by atoms with E-state index in [0.717, 1.165) is 29.4 Å². The molecule has 0 radical (unpaired) electrons. The van der Waals surface area contributed by atoms with E-state index in [2.05, 4.69) is 28.1 Å². The standard InChI is InChI=1S/C19H18BrNO/c20-17-11-8-15(9-12-17)10-13-19(22)21-14-4-7-18(21)16-5-2-1-3-6-16/h1-3,5-6,8-13,18H,4,7,14H2. The molecular formula is C19H18BrNO. The third-order valence-electron chi connectivity index (χ3n) is 4.01. The molecule has 0 bridgehead atoms. The van der Waals surface area contributed by atoms with Crippen LogP contribution in [0.4, 0.5) is 0 Å². The van der Waals surface area contributed by atoms with Gasteiger partial charge in [0.05, 0.1) is 6.04 Å². The lowest BCUT2D eigenvalue weighted by Gasteiger charge is -2.23. The summed E-state index contributed by atoms with van der Waals surface area (Å²) in [5.41, 5.74) is 2.26. The van der Waals surface area contributed by atoms with Crippen LogP contribution in [0.3, 0.4) is 0 Å². The molecule has 1 aliphatic heterocycles. The first-order chi connectivity index (χ1) is 10.7. The number of nitrogens with zero attached hydrogens (tertiary/aromatic N) is 1. The van der Waals surface area contributed by atoms with E-state index in [-0.39, 0.29) is 11.9 Å². The lowest BCUT2D eigenvalue weighted by atomic mass is 10.0. The van der Waals surface area contributed by atoms with Gasteiger partial charge >= 0.3 is 0 Å². The summed E-state index contributed by atoms with van der Waals surface area (Å²) in [7, 11) is 0. The maximum absolute atomic E-state index is 12.5. The fourth-order valence-electron chi connectivity index (χ4n) is 2.89. The normalized spacial score (nSPS) is 18.0. The number of amides is 1. The molecule has 22 heavy (non-hydrogen) atoms. The van der Waals surface area contributed by atoms with Crippen LogP contribution in [-0.4, -0.2) is 17.4 Å². The van der Waals surface area contributed by atoms with Gasteiger partial charge in [-0.15, -0.1) is 0 Å². The summed E-state index contributed by atoms with van der Waals surface area (Å²) in [6.07, 6.45) is 5.68. The van der Waals surface area contributed by atoms with Crippen molar-refractivity contribution in [3.63, 3.8) is 0 Å². The fourth-order valence-corrected chi connectivity index (χ4v) is 3.15. The van der Waals surface area contributed by atoms with Crippen LogP contribution in [-0.2, 0) is 4.79 Å². The van der Waals surface area contributed by atoms with Crippen LogP contribution in [0, 0.1) is 0 Å². The molecule has 0 aromatic heterocycles. The van der Waals surface area contributed by atoms with E-state index < -0.39 is 0 Å². The van der Waals surface area contributed by atoms with Crippen molar-refractivity contribution in [2.75, 3.05) is 6.54 Å². The van der Waals surface area contributed by atoms with E-state index in [0.29, 0.717) is 0 Å². The minimum atomic E-state index is 0.0919. The summed E-state index contributed by atoms with van der Waals surface area (Å²) in [5, 5.41) is 0. The number of carbonyl (C=O) groups is 1. The minimum absolute atomic E-state index is 0.0919. The monoisotopic (exact) mass is 355 g/mol. The third kappa shape index (κ3) is 3.47. The Bertz CT molecular complexity index is 664. The molecule has 0 saturated carbocycles. The largest absolute Gasteiger partial charge is 0.332 e. The molecule has 1 unspecified atom stereocenters. The summed E-state index contributed by atoms with van der Waals surface area (Å²) in [6.45, 7) is 0.836. The Balaban J connectivity index is 1.72. The number of halogens is 1. The maximum Gasteiger partial charge on any atom is 0.247 e. The smallest absolute Gasteiger partial charge is 0.247 e. The second-order valence-electron chi connectivity index (χ2n) is 5.49. The van der Waals surface area contributed by atoms with E-state index in [1.165, 1.54) is 5.56 Å². The highest BCUT2D eigenvalue weighted by Crippen LogP contribution is 2.31. The Morgan fingerprint density at radius 3 is 2.55 bits per heavy atom. The molecule has 1 heterocycles. The molecular weight excluding hydrogens is 338 g/mol. The fraction of sp³-hybridized carbons (Fsp3) is 0.211. The molecule has 1 atom stereocenters. The van der Waals surface area contributed by atoms with Crippen LogP contribution in [0.25, 0.3) is 6.08 Å². The van der Waals surface area contributed by atoms with Crippen molar-refractivity contribution in [3.05, 3.63) is 76.3 Å². The first-order valence-corrected chi connectivity index (χ1v) is 8.32. The number of carbonyl (C=O) groups excluding carboxylic acids is 1. The van der Waals surface area contributed by atoms with E-state index in [4.69, 9.17) is 0 Å². The number of rotatable bonds is 3. The SMILES string of the molecule is O=C(C=Cc1ccc(Br)cc1)N1CCCC1c1ccccc1. The zero-order valence-electron chi connectivity index (χ0n) is 12.3. The van der Waals surface area contributed by atoms with Crippen molar-refractivity contribution in [2.24, 2.45) is 0 Å². The molecule has 0 spiro atoms. The van der Waals surface area contributed by atoms with Crippen molar-refractivity contribution < 1.29 is 4.79 Å². The van der Waals surface area contributed by atoms with Gasteiger partial charge in [0.2, 0.25) is 5.91 Å². The predicted octanol–water partition coefficient (Wildman–Crippen LogP) is 4.83. The van der Waals surface area contributed by atoms with Gasteiger partial charge in [-0.2, -0.15) is 0 Å². The summed E-state index contributed by atoms with van der Waals surface area (Å²) >= 11 is 3.41. The van der Waals surface area contributed by atoms with Crippen LogP contribution >= 0.6 is 15.9 Å². The van der Waals surface area contributed by atoms with Gasteiger partial charge < -0.3 is 4.90 Å². The average molecular weight is 356 g/mol. The molecule has 1 aliphatic rings. The Labute approximate surface area is 139 Å². The second kappa shape index (κ2) is 6.93. The van der Waals surface area contributed by atoms with Crippen LogP contribution < -0.4 is 0 Å². The summed E-state index contributed by atoms with van der Waals surface area (Å²) < 4.78 is 1.04. The Morgan fingerprint density at radius 2 is 1.82 bits per heavy atom. The summed E-state index contributed by atoms with van der Waals surface area (Å²) in [4.78, 5) is 14.5. The molecule has 1 fully saturated rings. The molecule has 2 aromatic rings.